The van der Waals surface area contributed by atoms with E-state index in [2.05, 4.69) is 72.1 Å². The first kappa shape index (κ1) is 15.3. The molecule has 0 bridgehead atoms. The molecule has 2 atom stereocenters. The van der Waals surface area contributed by atoms with Crippen LogP contribution in [0.2, 0.25) is 0 Å². The van der Waals surface area contributed by atoms with E-state index in [1.807, 2.05) is 18.2 Å². The SMILES string of the molecule is COc1ccccc1[C@@H](C)NC(C)c1ccc(I)cc1. The van der Waals surface area contributed by atoms with Gasteiger partial charge in [-0.25, -0.2) is 0 Å². The zero-order valence-corrected chi connectivity index (χ0v) is 14.2. The third-order valence-electron chi connectivity index (χ3n) is 3.48. The quantitative estimate of drug-likeness (QED) is 0.758. The first-order chi connectivity index (χ1) is 9.61. The average molecular weight is 381 g/mol. The van der Waals surface area contributed by atoms with E-state index in [1.165, 1.54) is 14.7 Å². The van der Waals surface area contributed by atoms with Crippen molar-refractivity contribution < 1.29 is 4.74 Å². The summed E-state index contributed by atoms with van der Waals surface area (Å²) >= 11 is 2.33. The van der Waals surface area contributed by atoms with E-state index in [9.17, 15) is 0 Å². The lowest BCUT2D eigenvalue weighted by Crippen LogP contribution is -2.22. The van der Waals surface area contributed by atoms with Crippen LogP contribution in [0.25, 0.3) is 0 Å². The van der Waals surface area contributed by atoms with Gasteiger partial charge in [0, 0.05) is 21.2 Å². The van der Waals surface area contributed by atoms with E-state index in [0.717, 1.165) is 5.75 Å². The zero-order valence-electron chi connectivity index (χ0n) is 12.1. The normalized spacial score (nSPS) is 13.8. The minimum atomic E-state index is 0.237. The van der Waals surface area contributed by atoms with Crippen LogP contribution in [-0.4, -0.2) is 7.11 Å². The minimum absolute atomic E-state index is 0.237. The third kappa shape index (κ3) is 3.73. The van der Waals surface area contributed by atoms with Crippen molar-refractivity contribution in [3.8, 4) is 5.75 Å². The van der Waals surface area contributed by atoms with Crippen LogP contribution in [0.4, 0.5) is 0 Å². The van der Waals surface area contributed by atoms with Gasteiger partial charge in [0.15, 0.2) is 0 Å². The maximum atomic E-state index is 5.43. The zero-order chi connectivity index (χ0) is 14.5. The number of nitrogens with one attached hydrogen (secondary N) is 1. The number of hydrogen-bond donors (Lipinski definition) is 1. The highest BCUT2D eigenvalue weighted by Gasteiger charge is 2.14. The second kappa shape index (κ2) is 7.09. The summed E-state index contributed by atoms with van der Waals surface area (Å²) in [6.45, 7) is 4.36. The third-order valence-corrected chi connectivity index (χ3v) is 4.19. The molecule has 1 N–H and O–H groups in total. The molecule has 0 aromatic heterocycles. The van der Waals surface area contributed by atoms with Crippen LogP contribution in [0, 0.1) is 3.57 Å². The van der Waals surface area contributed by atoms with Crippen molar-refractivity contribution in [1.82, 2.24) is 5.32 Å². The van der Waals surface area contributed by atoms with Crippen molar-refractivity contribution in [1.29, 1.82) is 0 Å². The van der Waals surface area contributed by atoms with E-state index in [4.69, 9.17) is 4.74 Å². The number of benzene rings is 2. The Balaban J connectivity index is 2.10. The molecule has 2 aromatic rings. The van der Waals surface area contributed by atoms with Gasteiger partial charge in [0.1, 0.15) is 5.75 Å². The fraction of sp³-hybridized carbons (Fsp3) is 0.294. The molecular weight excluding hydrogens is 361 g/mol. The molecule has 0 aliphatic carbocycles. The molecule has 0 spiro atoms. The predicted octanol–water partition coefficient (Wildman–Crippen LogP) is 4.71. The Kier molecular flexibility index (Phi) is 5.43. The van der Waals surface area contributed by atoms with Crippen molar-refractivity contribution >= 4 is 22.6 Å². The van der Waals surface area contributed by atoms with E-state index in [-0.39, 0.29) is 6.04 Å². The molecule has 0 fully saturated rings. The van der Waals surface area contributed by atoms with Crippen molar-refractivity contribution in [2.75, 3.05) is 7.11 Å². The van der Waals surface area contributed by atoms with Gasteiger partial charge in [-0.05, 0) is 60.2 Å². The molecule has 2 rings (SSSR count). The lowest BCUT2D eigenvalue weighted by atomic mass is 10.0. The molecule has 0 saturated heterocycles. The fourth-order valence-corrected chi connectivity index (χ4v) is 2.70. The number of methoxy groups -OCH3 is 1. The molecule has 0 radical (unpaired) electrons. The van der Waals surface area contributed by atoms with Crippen LogP contribution >= 0.6 is 22.6 Å². The molecule has 2 aromatic carbocycles. The first-order valence-electron chi connectivity index (χ1n) is 6.76. The Labute approximate surface area is 134 Å². The molecule has 2 nitrogen and oxygen atoms in total. The van der Waals surface area contributed by atoms with Gasteiger partial charge in [0.05, 0.1) is 7.11 Å². The number of ether oxygens (including phenoxy) is 1. The number of rotatable bonds is 5. The second-order valence-corrected chi connectivity index (χ2v) is 6.15. The van der Waals surface area contributed by atoms with Gasteiger partial charge in [-0.3, -0.25) is 0 Å². The average Bonchev–Trinajstić information content (AvgIpc) is 2.47. The fourth-order valence-electron chi connectivity index (χ4n) is 2.34. The first-order valence-corrected chi connectivity index (χ1v) is 7.84. The summed E-state index contributed by atoms with van der Waals surface area (Å²) in [5, 5.41) is 3.62. The Hall–Kier alpha value is -1.07. The van der Waals surface area contributed by atoms with Crippen LogP contribution < -0.4 is 10.1 Å². The maximum Gasteiger partial charge on any atom is 0.123 e. The van der Waals surface area contributed by atoms with Gasteiger partial charge in [-0.15, -0.1) is 0 Å². The van der Waals surface area contributed by atoms with E-state index in [0.29, 0.717) is 6.04 Å². The maximum absolute atomic E-state index is 5.43. The topological polar surface area (TPSA) is 21.3 Å². The smallest absolute Gasteiger partial charge is 0.123 e. The molecule has 0 aliphatic rings. The Morgan fingerprint density at radius 2 is 1.60 bits per heavy atom. The summed E-state index contributed by atoms with van der Waals surface area (Å²) < 4.78 is 6.69. The van der Waals surface area contributed by atoms with Crippen LogP contribution in [0.15, 0.2) is 48.5 Å². The van der Waals surface area contributed by atoms with Crippen molar-refractivity contribution in [2.24, 2.45) is 0 Å². The van der Waals surface area contributed by atoms with Crippen molar-refractivity contribution in [3.05, 3.63) is 63.2 Å². The summed E-state index contributed by atoms with van der Waals surface area (Å²) in [6, 6.07) is 17.3. The molecule has 0 aliphatic heterocycles. The van der Waals surface area contributed by atoms with Gasteiger partial charge in [-0.2, -0.15) is 0 Å². The van der Waals surface area contributed by atoms with E-state index < -0.39 is 0 Å². The molecule has 0 saturated carbocycles. The van der Waals surface area contributed by atoms with E-state index >= 15 is 0 Å². The van der Waals surface area contributed by atoms with Crippen LogP contribution in [-0.2, 0) is 0 Å². The monoisotopic (exact) mass is 381 g/mol. The Morgan fingerprint density at radius 3 is 2.25 bits per heavy atom. The number of hydrogen-bond acceptors (Lipinski definition) is 2. The van der Waals surface area contributed by atoms with E-state index in [1.54, 1.807) is 7.11 Å². The number of para-hydroxylation sites is 1. The molecule has 106 valence electrons. The highest BCUT2D eigenvalue weighted by atomic mass is 127. The van der Waals surface area contributed by atoms with Crippen LogP contribution in [0.1, 0.15) is 37.1 Å². The standard InChI is InChI=1S/C17H20INO/c1-12(14-8-10-15(18)11-9-14)19-13(2)16-6-4-5-7-17(16)20-3/h4-13,19H,1-3H3/t12?,13-/m1/s1. The minimum Gasteiger partial charge on any atom is -0.496 e. The van der Waals surface area contributed by atoms with Gasteiger partial charge < -0.3 is 10.1 Å². The second-order valence-electron chi connectivity index (χ2n) is 4.90. The summed E-state index contributed by atoms with van der Waals surface area (Å²) in [5.74, 6) is 0.933. The molecule has 0 heterocycles. The van der Waals surface area contributed by atoms with Crippen LogP contribution in [0.5, 0.6) is 5.75 Å². The number of halogens is 1. The highest BCUT2D eigenvalue weighted by Crippen LogP contribution is 2.26. The largest absolute Gasteiger partial charge is 0.496 e. The summed E-state index contributed by atoms with van der Waals surface area (Å²) in [4.78, 5) is 0. The molecule has 20 heavy (non-hydrogen) atoms. The summed E-state index contributed by atoms with van der Waals surface area (Å²) in [7, 11) is 1.72. The van der Waals surface area contributed by atoms with Gasteiger partial charge in [-0.1, -0.05) is 30.3 Å². The van der Waals surface area contributed by atoms with Crippen LogP contribution in [0.3, 0.4) is 0 Å². The lowest BCUT2D eigenvalue weighted by Gasteiger charge is -2.22. The molecule has 1 unspecified atom stereocenters. The predicted molar refractivity (Wildman–Crippen MR) is 92.1 cm³/mol. The highest BCUT2D eigenvalue weighted by molar-refractivity contribution is 14.1. The van der Waals surface area contributed by atoms with Gasteiger partial charge in [0.2, 0.25) is 0 Å². The Morgan fingerprint density at radius 1 is 0.950 bits per heavy atom. The lowest BCUT2D eigenvalue weighted by molar-refractivity contribution is 0.396. The molecular formula is C17H20INO. The summed E-state index contributed by atoms with van der Waals surface area (Å²) in [5.41, 5.74) is 2.49. The molecule has 0 amide bonds. The summed E-state index contributed by atoms with van der Waals surface area (Å²) in [6.07, 6.45) is 0. The van der Waals surface area contributed by atoms with Crippen molar-refractivity contribution in [2.45, 2.75) is 25.9 Å². The van der Waals surface area contributed by atoms with Gasteiger partial charge in [0.25, 0.3) is 0 Å². The van der Waals surface area contributed by atoms with Crippen molar-refractivity contribution in [3.63, 3.8) is 0 Å². The Bertz CT molecular complexity index is 553. The molecule has 3 heteroatoms. The van der Waals surface area contributed by atoms with Gasteiger partial charge >= 0.3 is 0 Å².